The van der Waals surface area contributed by atoms with Crippen LogP contribution in [-0.2, 0) is 13.0 Å². The maximum atomic E-state index is 12.1. The van der Waals surface area contributed by atoms with Gasteiger partial charge in [0.1, 0.15) is 5.01 Å². The molecule has 2 N–H and O–H groups in total. The molecule has 5 nitrogen and oxygen atoms in total. The van der Waals surface area contributed by atoms with Crippen LogP contribution < -0.4 is 5.32 Å². The molecule has 1 amide bonds. The summed E-state index contributed by atoms with van der Waals surface area (Å²) < 4.78 is 0. The van der Waals surface area contributed by atoms with Gasteiger partial charge in [-0.1, -0.05) is 6.92 Å². The molecule has 2 aromatic heterocycles. The van der Waals surface area contributed by atoms with Gasteiger partial charge in [-0.05, 0) is 24.6 Å². The minimum absolute atomic E-state index is 0.102. The molecule has 0 saturated carbocycles. The number of hydrogen-bond acceptors (Lipinski definition) is 4. The second kappa shape index (κ2) is 5.42. The van der Waals surface area contributed by atoms with Crippen molar-refractivity contribution in [3.05, 3.63) is 46.2 Å². The average molecular weight is 286 g/mol. The van der Waals surface area contributed by atoms with Gasteiger partial charge in [-0.2, -0.15) is 0 Å². The van der Waals surface area contributed by atoms with E-state index in [-0.39, 0.29) is 5.91 Å². The lowest BCUT2D eigenvalue weighted by atomic mass is 10.2. The third kappa shape index (κ3) is 2.55. The minimum Gasteiger partial charge on any atom is -0.346 e. The number of benzene rings is 1. The van der Waals surface area contributed by atoms with Crippen molar-refractivity contribution in [2.45, 2.75) is 19.9 Å². The Morgan fingerprint density at radius 1 is 1.40 bits per heavy atom. The molecule has 3 aromatic rings. The van der Waals surface area contributed by atoms with Crippen molar-refractivity contribution < 1.29 is 4.79 Å². The van der Waals surface area contributed by atoms with Gasteiger partial charge in [0.05, 0.1) is 23.9 Å². The molecule has 20 heavy (non-hydrogen) atoms. The van der Waals surface area contributed by atoms with Gasteiger partial charge in [0.2, 0.25) is 0 Å². The molecule has 0 unspecified atom stereocenters. The van der Waals surface area contributed by atoms with E-state index >= 15 is 0 Å². The van der Waals surface area contributed by atoms with Crippen LogP contribution in [0.5, 0.6) is 0 Å². The number of H-pyrrole nitrogens is 1. The van der Waals surface area contributed by atoms with Crippen molar-refractivity contribution in [1.82, 2.24) is 20.3 Å². The average Bonchev–Trinajstić information content (AvgIpc) is 3.12. The van der Waals surface area contributed by atoms with Crippen LogP contribution in [0.3, 0.4) is 0 Å². The van der Waals surface area contributed by atoms with E-state index in [9.17, 15) is 4.79 Å². The summed E-state index contributed by atoms with van der Waals surface area (Å²) in [4.78, 5) is 24.7. The van der Waals surface area contributed by atoms with Crippen molar-refractivity contribution >= 4 is 28.3 Å². The van der Waals surface area contributed by atoms with Crippen LogP contribution in [-0.4, -0.2) is 20.9 Å². The number of carbonyl (C=O) groups is 1. The predicted octanol–water partition coefficient (Wildman–Crippen LogP) is 2.51. The topological polar surface area (TPSA) is 70.7 Å². The molecule has 0 radical (unpaired) electrons. The number of amides is 1. The van der Waals surface area contributed by atoms with E-state index in [1.807, 2.05) is 12.3 Å². The molecule has 6 heteroatoms. The first-order valence-electron chi connectivity index (χ1n) is 6.41. The molecule has 0 aliphatic carbocycles. The molecule has 0 spiro atoms. The van der Waals surface area contributed by atoms with E-state index in [0.717, 1.165) is 22.5 Å². The van der Waals surface area contributed by atoms with Crippen molar-refractivity contribution in [1.29, 1.82) is 0 Å². The number of hydrogen-bond donors (Lipinski definition) is 2. The molecule has 0 aliphatic rings. The predicted molar refractivity (Wildman–Crippen MR) is 78.8 cm³/mol. The van der Waals surface area contributed by atoms with E-state index in [1.54, 1.807) is 29.8 Å². The monoisotopic (exact) mass is 286 g/mol. The minimum atomic E-state index is -0.102. The van der Waals surface area contributed by atoms with E-state index in [2.05, 4.69) is 27.2 Å². The lowest BCUT2D eigenvalue weighted by molar-refractivity contribution is 0.0951. The molecule has 0 bridgehead atoms. The Morgan fingerprint density at radius 3 is 3.10 bits per heavy atom. The second-order valence-corrected chi connectivity index (χ2v) is 5.59. The molecule has 0 saturated heterocycles. The normalized spacial score (nSPS) is 10.8. The van der Waals surface area contributed by atoms with Gasteiger partial charge in [-0.25, -0.2) is 9.97 Å². The summed E-state index contributed by atoms with van der Waals surface area (Å²) in [5.41, 5.74) is 2.34. The van der Waals surface area contributed by atoms with Gasteiger partial charge in [0.25, 0.3) is 5.91 Å². The molecule has 0 aliphatic heterocycles. The largest absolute Gasteiger partial charge is 0.346 e. The van der Waals surface area contributed by atoms with Crippen LogP contribution in [0.4, 0.5) is 0 Å². The third-order valence-electron chi connectivity index (χ3n) is 3.03. The Bertz CT molecular complexity index is 746. The fraction of sp³-hybridized carbons (Fsp3) is 0.214. The Labute approximate surface area is 120 Å². The van der Waals surface area contributed by atoms with Crippen molar-refractivity contribution in [2.24, 2.45) is 0 Å². The summed E-state index contributed by atoms with van der Waals surface area (Å²) >= 11 is 1.63. The first kappa shape index (κ1) is 12.8. The van der Waals surface area contributed by atoms with Crippen LogP contribution in [0.15, 0.2) is 30.7 Å². The summed E-state index contributed by atoms with van der Waals surface area (Å²) in [6.45, 7) is 2.56. The lowest BCUT2D eigenvalue weighted by Gasteiger charge is -2.03. The summed E-state index contributed by atoms with van der Waals surface area (Å²) in [6.07, 6.45) is 4.46. The van der Waals surface area contributed by atoms with Crippen molar-refractivity contribution in [2.75, 3.05) is 0 Å². The van der Waals surface area contributed by atoms with Gasteiger partial charge in [0.15, 0.2) is 0 Å². The highest BCUT2D eigenvalue weighted by atomic mass is 32.1. The zero-order valence-electron chi connectivity index (χ0n) is 11.0. The number of aromatic nitrogens is 3. The smallest absolute Gasteiger partial charge is 0.251 e. The summed E-state index contributed by atoms with van der Waals surface area (Å²) in [6, 6.07) is 5.41. The van der Waals surface area contributed by atoms with Gasteiger partial charge in [-0.3, -0.25) is 4.79 Å². The number of thiazole rings is 1. The highest BCUT2D eigenvalue weighted by Gasteiger charge is 2.08. The Morgan fingerprint density at radius 2 is 2.30 bits per heavy atom. The number of nitrogens with zero attached hydrogens (tertiary/aromatic N) is 2. The number of imidazole rings is 1. The van der Waals surface area contributed by atoms with Crippen LogP contribution >= 0.6 is 11.3 Å². The molecule has 1 aromatic carbocycles. The SMILES string of the molecule is CCc1cnc(CNC(=O)c2ccc3nc[nH]c3c2)s1. The first-order valence-corrected chi connectivity index (χ1v) is 7.23. The number of fused-ring (bicyclic) bond motifs is 1. The summed E-state index contributed by atoms with van der Waals surface area (Å²) in [5, 5.41) is 3.81. The second-order valence-electron chi connectivity index (χ2n) is 4.39. The molecular weight excluding hydrogens is 272 g/mol. The Hall–Kier alpha value is -2.21. The van der Waals surface area contributed by atoms with E-state index < -0.39 is 0 Å². The zero-order chi connectivity index (χ0) is 13.9. The Balaban J connectivity index is 1.69. The standard InChI is InChI=1S/C14H14N4OS/c1-2-10-6-15-13(20-10)7-16-14(19)9-3-4-11-12(5-9)18-8-17-11/h3-6,8H,2,7H2,1H3,(H,16,19)(H,17,18). The third-order valence-corrected chi connectivity index (χ3v) is 4.17. The van der Waals surface area contributed by atoms with Crippen LogP contribution in [0.2, 0.25) is 0 Å². The van der Waals surface area contributed by atoms with Crippen LogP contribution in [0.25, 0.3) is 11.0 Å². The maximum absolute atomic E-state index is 12.1. The number of carbonyl (C=O) groups excluding carboxylic acids is 1. The Kier molecular flexibility index (Phi) is 3.47. The van der Waals surface area contributed by atoms with Gasteiger partial charge < -0.3 is 10.3 Å². The van der Waals surface area contributed by atoms with Crippen LogP contribution in [0.1, 0.15) is 27.2 Å². The first-order chi connectivity index (χ1) is 9.76. The molecule has 0 fully saturated rings. The molecule has 0 atom stereocenters. The highest BCUT2D eigenvalue weighted by molar-refractivity contribution is 7.11. The van der Waals surface area contributed by atoms with Crippen LogP contribution in [0, 0.1) is 0 Å². The number of nitrogens with one attached hydrogen (secondary N) is 2. The quantitative estimate of drug-likeness (QED) is 0.774. The molecule has 102 valence electrons. The van der Waals surface area contributed by atoms with Crippen molar-refractivity contribution in [3.8, 4) is 0 Å². The molecular formula is C14H14N4OS. The number of rotatable bonds is 4. The van der Waals surface area contributed by atoms with Gasteiger partial charge in [-0.15, -0.1) is 11.3 Å². The van der Waals surface area contributed by atoms with Gasteiger partial charge >= 0.3 is 0 Å². The molecule has 2 heterocycles. The molecule has 3 rings (SSSR count). The van der Waals surface area contributed by atoms with Gasteiger partial charge in [0, 0.05) is 16.6 Å². The fourth-order valence-electron chi connectivity index (χ4n) is 1.93. The maximum Gasteiger partial charge on any atom is 0.251 e. The van der Waals surface area contributed by atoms with Crippen molar-refractivity contribution in [3.63, 3.8) is 0 Å². The number of aromatic amines is 1. The number of aryl methyl sites for hydroxylation is 1. The zero-order valence-corrected chi connectivity index (χ0v) is 11.8. The fourth-order valence-corrected chi connectivity index (χ4v) is 2.73. The highest BCUT2D eigenvalue weighted by Crippen LogP contribution is 2.14. The van der Waals surface area contributed by atoms with E-state index in [1.165, 1.54) is 4.88 Å². The summed E-state index contributed by atoms with van der Waals surface area (Å²) in [7, 11) is 0. The van der Waals surface area contributed by atoms with E-state index in [4.69, 9.17) is 0 Å². The lowest BCUT2D eigenvalue weighted by Crippen LogP contribution is -2.22. The van der Waals surface area contributed by atoms with E-state index in [0.29, 0.717) is 12.1 Å². The summed E-state index contributed by atoms with van der Waals surface area (Å²) in [5.74, 6) is -0.102.